The second-order valence-corrected chi connectivity index (χ2v) is 6.00. The van der Waals surface area contributed by atoms with E-state index in [1.165, 1.54) is 32.2 Å². The molecule has 8 nitrogen and oxygen atoms in total. The fraction of sp³-hybridized carbons (Fsp3) is 0.222. The smallest absolute Gasteiger partial charge is 0.311 e. The highest BCUT2D eigenvalue weighted by atomic mass is 35.5. The van der Waals surface area contributed by atoms with Crippen LogP contribution >= 0.6 is 11.6 Å². The summed E-state index contributed by atoms with van der Waals surface area (Å²) in [5.74, 6) is -1.04. The Kier molecular flexibility index (Phi) is 6.73. The van der Waals surface area contributed by atoms with Gasteiger partial charge in [-0.2, -0.15) is 0 Å². The second-order valence-electron chi connectivity index (χ2n) is 5.57. The number of nitrogens with zero attached hydrogens (tertiary/aromatic N) is 1. The molecule has 1 N–H and O–H groups in total. The number of methoxy groups -OCH3 is 1. The van der Waals surface area contributed by atoms with Crippen LogP contribution in [-0.4, -0.2) is 30.0 Å². The summed E-state index contributed by atoms with van der Waals surface area (Å²) in [5, 5.41) is 13.9. The molecule has 2 rings (SSSR count). The van der Waals surface area contributed by atoms with E-state index in [-0.39, 0.29) is 23.5 Å². The molecule has 0 aliphatic carbocycles. The van der Waals surface area contributed by atoms with Gasteiger partial charge in [0.05, 0.1) is 30.2 Å². The maximum atomic E-state index is 12.2. The van der Waals surface area contributed by atoms with E-state index in [1.54, 1.807) is 24.3 Å². The van der Waals surface area contributed by atoms with E-state index in [0.29, 0.717) is 10.6 Å². The number of hydrogen-bond acceptors (Lipinski definition) is 6. The molecule has 0 bridgehead atoms. The zero-order valence-electron chi connectivity index (χ0n) is 14.6. The molecule has 2 aromatic carbocycles. The number of amides is 1. The highest BCUT2D eigenvalue weighted by molar-refractivity contribution is 6.30. The summed E-state index contributed by atoms with van der Waals surface area (Å²) in [5.41, 5.74) is 0.759. The average Bonchev–Trinajstić information content (AvgIpc) is 2.63. The van der Waals surface area contributed by atoms with Crippen LogP contribution < -0.4 is 10.1 Å². The third kappa shape index (κ3) is 5.68. The summed E-state index contributed by atoms with van der Waals surface area (Å²) < 4.78 is 10.2. The number of anilines is 1. The van der Waals surface area contributed by atoms with E-state index >= 15 is 0 Å². The molecule has 0 fully saturated rings. The first-order valence-electron chi connectivity index (χ1n) is 7.87. The number of non-ortho nitro benzene ring substituents is 1. The Morgan fingerprint density at radius 3 is 2.48 bits per heavy atom. The number of carbonyl (C=O) groups is 2. The molecule has 0 radical (unpaired) electrons. The molecule has 1 amide bonds. The fourth-order valence-electron chi connectivity index (χ4n) is 2.19. The molecule has 142 valence electrons. The van der Waals surface area contributed by atoms with Crippen LogP contribution in [0.3, 0.4) is 0 Å². The highest BCUT2D eigenvalue weighted by Gasteiger charge is 2.20. The standard InChI is InChI=1S/C18H17ClN2O6/c1-11(27-17(22)9-12-3-5-13(19)6-4-12)18(23)20-15-8-7-14(21(24)25)10-16(15)26-2/h3-8,10-11H,9H2,1-2H3,(H,20,23)/t11-/m0/s1. The minimum Gasteiger partial charge on any atom is -0.494 e. The van der Waals surface area contributed by atoms with Crippen LogP contribution in [0.15, 0.2) is 42.5 Å². The van der Waals surface area contributed by atoms with Gasteiger partial charge in [0.2, 0.25) is 0 Å². The molecular formula is C18H17ClN2O6. The summed E-state index contributed by atoms with van der Waals surface area (Å²) in [6, 6.07) is 10.5. The molecule has 0 aliphatic heterocycles. The number of nitrogens with one attached hydrogen (secondary N) is 1. The number of benzene rings is 2. The average molecular weight is 393 g/mol. The predicted octanol–water partition coefficient (Wildman–Crippen LogP) is 3.37. The molecule has 27 heavy (non-hydrogen) atoms. The number of nitro benzene ring substituents is 1. The van der Waals surface area contributed by atoms with Crippen molar-refractivity contribution in [2.45, 2.75) is 19.4 Å². The van der Waals surface area contributed by atoms with Crippen LogP contribution in [0.5, 0.6) is 5.75 Å². The fourth-order valence-corrected chi connectivity index (χ4v) is 2.32. The van der Waals surface area contributed by atoms with Gasteiger partial charge in [-0.25, -0.2) is 0 Å². The Labute approximate surface area is 160 Å². The van der Waals surface area contributed by atoms with E-state index in [2.05, 4.69) is 5.32 Å². The summed E-state index contributed by atoms with van der Waals surface area (Å²) in [7, 11) is 1.32. The van der Waals surface area contributed by atoms with Crippen LogP contribution in [0.25, 0.3) is 0 Å². The number of halogens is 1. The third-order valence-electron chi connectivity index (χ3n) is 3.59. The molecule has 0 aromatic heterocycles. The third-order valence-corrected chi connectivity index (χ3v) is 3.84. The van der Waals surface area contributed by atoms with Crippen molar-refractivity contribution < 1.29 is 24.0 Å². The minimum atomic E-state index is -1.07. The van der Waals surface area contributed by atoms with Gasteiger partial charge in [0.15, 0.2) is 6.10 Å². The molecule has 0 aliphatic rings. The Balaban J connectivity index is 1.97. The normalized spacial score (nSPS) is 11.4. The number of esters is 1. The van der Waals surface area contributed by atoms with Crippen molar-refractivity contribution in [2.24, 2.45) is 0 Å². The molecule has 0 heterocycles. The summed E-state index contributed by atoms with van der Waals surface area (Å²) in [6.45, 7) is 1.42. The zero-order valence-corrected chi connectivity index (χ0v) is 15.4. The van der Waals surface area contributed by atoms with Gasteiger partial charge < -0.3 is 14.8 Å². The van der Waals surface area contributed by atoms with Crippen LogP contribution in [-0.2, 0) is 20.7 Å². The lowest BCUT2D eigenvalue weighted by molar-refractivity contribution is -0.384. The van der Waals surface area contributed by atoms with Gasteiger partial charge in [0.1, 0.15) is 5.75 Å². The monoisotopic (exact) mass is 392 g/mol. The molecule has 0 unspecified atom stereocenters. The lowest BCUT2D eigenvalue weighted by Gasteiger charge is -2.15. The van der Waals surface area contributed by atoms with Crippen molar-refractivity contribution >= 4 is 34.9 Å². The summed E-state index contributed by atoms with van der Waals surface area (Å²) in [4.78, 5) is 34.4. The van der Waals surface area contributed by atoms with Gasteiger partial charge in [-0.1, -0.05) is 23.7 Å². The van der Waals surface area contributed by atoms with Gasteiger partial charge in [-0.15, -0.1) is 0 Å². The Bertz CT molecular complexity index is 853. The maximum absolute atomic E-state index is 12.2. The Morgan fingerprint density at radius 2 is 1.89 bits per heavy atom. The van der Waals surface area contributed by atoms with Crippen molar-refractivity contribution in [1.82, 2.24) is 0 Å². The van der Waals surface area contributed by atoms with Gasteiger partial charge >= 0.3 is 5.97 Å². The van der Waals surface area contributed by atoms with Crippen molar-refractivity contribution in [3.63, 3.8) is 0 Å². The Morgan fingerprint density at radius 1 is 1.22 bits per heavy atom. The largest absolute Gasteiger partial charge is 0.494 e. The van der Waals surface area contributed by atoms with E-state index in [0.717, 1.165) is 0 Å². The maximum Gasteiger partial charge on any atom is 0.311 e. The molecule has 1 atom stereocenters. The quantitative estimate of drug-likeness (QED) is 0.439. The summed E-state index contributed by atoms with van der Waals surface area (Å²) in [6.07, 6.45) is -1.07. The predicted molar refractivity (Wildman–Crippen MR) is 99.0 cm³/mol. The first-order chi connectivity index (χ1) is 12.8. The SMILES string of the molecule is COc1cc([N+](=O)[O-])ccc1NC(=O)[C@H](C)OC(=O)Cc1ccc(Cl)cc1. The van der Waals surface area contributed by atoms with Gasteiger partial charge in [0.25, 0.3) is 11.6 Å². The van der Waals surface area contributed by atoms with Crippen molar-refractivity contribution in [1.29, 1.82) is 0 Å². The minimum absolute atomic E-state index is 0.00432. The van der Waals surface area contributed by atoms with E-state index in [1.807, 2.05) is 0 Å². The van der Waals surface area contributed by atoms with Crippen molar-refractivity contribution in [3.8, 4) is 5.75 Å². The van der Waals surface area contributed by atoms with Crippen LogP contribution in [0, 0.1) is 10.1 Å². The van der Waals surface area contributed by atoms with Gasteiger partial charge in [0, 0.05) is 11.1 Å². The Hall–Kier alpha value is -3.13. The van der Waals surface area contributed by atoms with Crippen LogP contribution in [0.2, 0.25) is 5.02 Å². The highest BCUT2D eigenvalue weighted by Crippen LogP contribution is 2.29. The number of carbonyl (C=O) groups excluding carboxylic acids is 2. The lowest BCUT2D eigenvalue weighted by atomic mass is 10.1. The van der Waals surface area contributed by atoms with Crippen LogP contribution in [0.1, 0.15) is 12.5 Å². The summed E-state index contributed by atoms with van der Waals surface area (Å²) >= 11 is 5.79. The molecule has 0 spiro atoms. The van der Waals surface area contributed by atoms with Crippen LogP contribution in [0.4, 0.5) is 11.4 Å². The van der Waals surface area contributed by atoms with E-state index in [4.69, 9.17) is 21.1 Å². The van der Waals surface area contributed by atoms with E-state index in [9.17, 15) is 19.7 Å². The topological polar surface area (TPSA) is 108 Å². The van der Waals surface area contributed by atoms with E-state index < -0.39 is 22.9 Å². The molecule has 0 saturated carbocycles. The molecular weight excluding hydrogens is 376 g/mol. The number of rotatable bonds is 7. The number of hydrogen-bond donors (Lipinski definition) is 1. The molecule has 2 aromatic rings. The number of ether oxygens (including phenoxy) is 2. The lowest BCUT2D eigenvalue weighted by Crippen LogP contribution is -2.30. The zero-order chi connectivity index (χ0) is 20.0. The number of nitro groups is 1. The first-order valence-corrected chi connectivity index (χ1v) is 8.25. The first kappa shape index (κ1) is 20.2. The second kappa shape index (κ2) is 9.00. The van der Waals surface area contributed by atoms with Gasteiger partial charge in [-0.3, -0.25) is 19.7 Å². The van der Waals surface area contributed by atoms with Crippen molar-refractivity contribution in [3.05, 3.63) is 63.2 Å². The van der Waals surface area contributed by atoms with Gasteiger partial charge in [-0.05, 0) is 30.7 Å². The molecule has 0 saturated heterocycles. The van der Waals surface area contributed by atoms with Crippen molar-refractivity contribution in [2.75, 3.05) is 12.4 Å². The molecule has 9 heteroatoms.